The molecule has 1 saturated heterocycles. The highest BCUT2D eigenvalue weighted by atomic mass is 35.5. The van der Waals surface area contributed by atoms with E-state index in [-0.39, 0.29) is 11.8 Å². The number of piperazine rings is 1. The molecule has 0 saturated carbocycles. The fourth-order valence-corrected chi connectivity index (χ4v) is 3.70. The number of nitrogens with zero attached hydrogens (tertiary/aromatic N) is 2. The molecule has 2 rings (SSSR count). The lowest BCUT2D eigenvalue weighted by atomic mass is 9.81. The Morgan fingerprint density at radius 2 is 1.64 bits per heavy atom. The molecule has 2 amide bonds. The third kappa shape index (κ3) is 4.10. The average Bonchev–Trinajstić information content (AvgIpc) is 2.63. The van der Waals surface area contributed by atoms with Crippen LogP contribution in [0.2, 0.25) is 10.0 Å². The van der Waals surface area contributed by atoms with Gasteiger partial charge in [-0.05, 0) is 31.0 Å². The number of carbonyl (C=O) groups excluding carboxylic acids is 2. The second-order valence-electron chi connectivity index (χ2n) is 6.40. The molecule has 1 fully saturated rings. The van der Waals surface area contributed by atoms with Gasteiger partial charge in [0.1, 0.15) is 0 Å². The zero-order chi connectivity index (χ0) is 18.6. The standard InChI is InChI=1S/C18H25Cl2N3O2/c1-3-18(4-2,12-21)17(25)23-9-7-22(8-10-23)16(24)14-6-5-13(19)11-15(14)20/h5-6,11H,3-4,7-10,12,21H2,1-2H3. The molecule has 0 aromatic heterocycles. The van der Waals surface area contributed by atoms with Crippen LogP contribution in [0.3, 0.4) is 0 Å². The molecule has 0 radical (unpaired) electrons. The topological polar surface area (TPSA) is 66.6 Å². The zero-order valence-corrected chi connectivity index (χ0v) is 16.2. The minimum absolute atomic E-state index is 0.0941. The van der Waals surface area contributed by atoms with Crippen molar-refractivity contribution in [3.8, 4) is 0 Å². The molecule has 1 heterocycles. The molecule has 25 heavy (non-hydrogen) atoms. The molecule has 0 atom stereocenters. The first-order chi connectivity index (χ1) is 11.9. The Morgan fingerprint density at radius 3 is 2.12 bits per heavy atom. The van der Waals surface area contributed by atoms with Crippen molar-refractivity contribution in [2.24, 2.45) is 11.1 Å². The Balaban J connectivity index is 2.04. The Bertz CT molecular complexity index is 631. The molecular weight excluding hydrogens is 361 g/mol. The summed E-state index contributed by atoms with van der Waals surface area (Å²) in [5.74, 6) is -0.0403. The largest absolute Gasteiger partial charge is 0.339 e. The predicted octanol–water partition coefficient (Wildman–Crippen LogP) is 3.04. The quantitative estimate of drug-likeness (QED) is 0.846. The van der Waals surface area contributed by atoms with Crippen LogP contribution in [0.15, 0.2) is 18.2 Å². The van der Waals surface area contributed by atoms with Crippen molar-refractivity contribution in [1.29, 1.82) is 0 Å². The van der Waals surface area contributed by atoms with Gasteiger partial charge in [-0.15, -0.1) is 0 Å². The van der Waals surface area contributed by atoms with Gasteiger partial charge < -0.3 is 15.5 Å². The summed E-state index contributed by atoms with van der Waals surface area (Å²) in [7, 11) is 0. The third-order valence-electron chi connectivity index (χ3n) is 5.21. The van der Waals surface area contributed by atoms with Gasteiger partial charge in [-0.25, -0.2) is 0 Å². The number of nitrogens with two attached hydrogens (primary N) is 1. The average molecular weight is 386 g/mol. The SMILES string of the molecule is CCC(CC)(CN)C(=O)N1CCN(C(=O)c2ccc(Cl)cc2Cl)CC1. The van der Waals surface area contributed by atoms with Gasteiger partial charge in [0.2, 0.25) is 5.91 Å². The molecule has 1 aromatic rings. The van der Waals surface area contributed by atoms with Crippen molar-refractivity contribution in [3.63, 3.8) is 0 Å². The van der Waals surface area contributed by atoms with E-state index >= 15 is 0 Å². The number of halogens is 2. The van der Waals surface area contributed by atoms with E-state index in [4.69, 9.17) is 28.9 Å². The predicted molar refractivity (Wildman–Crippen MR) is 101 cm³/mol. The maximum absolute atomic E-state index is 12.9. The monoisotopic (exact) mass is 385 g/mol. The molecule has 7 heteroatoms. The lowest BCUT2D eigenvalue weighted by Crippen LogP contribution is -2.55. The Morgan fingerprint density at radius 1 is 1.08 bits per heavy atom. The van der Waals surface area contributed by atoms with Crippen molar-refractivity contribution in [2.45, 2.75) is 26.7 Å². The summed E-state index contributed by atoms with van der Waals surface area (Å²) in [6.07, 6.45) is 1.44. The fourth-order valence-electron chi connectivity index (χ4n) is 3.21. The van der Waals surface area contributed by atoms with E-state index in [1.807, 2.05) is 18.7 Å². The Labute approximate surface area is 159 Å². The first-order valence-electron chi connectivity index (χ1n) is 8.62. The molecule has 138 valence electrons. The van der Waals surface area contributed by atoms with Gasteiger partial charge in [-0.3, -0.25) is 9.59 Å². The first kappa shape index (κ1) is 20.0. The van der Waals surface area contributed by atoms with Crippen LogP contribution in [0.5, 0.6) is 0 Å². The number of hydrogen-bond donors (Lipinski definition) is 1. The Kier molecular flexibility index (Phi) is 6.72. The van der Waals surface area contributed by atoms with Crippen molar-refractivity contribution in [1.82, 2.24) is 9.80 Å². The number of benzene rings is 1. The highest BCUT2D eigenvalue weighted by Gasteiger charge is 2.38. The van der Waals surface area contributed by atoms with Gasteiger partial charge in [0.15, 0.2) is 0 Å². The van der Waals surface area contributed by atoms with Crippen LogP contribution in [0.25, 0.3) is 0 Å². The molecule has 0 aliphatic carbocycles. The highest BCUT2D eigenvalue weighted by Crippen LogP contribution is 2.29. The van der Waals surface area contributed by atoms with Crippen LogP contribution in [0.1, 0.15) is 37.0 Å². The molecule has 0 bridgehead atoms. The maximum atomic E-state index is 12.9. The van der Waals surface area contributed by atoms with E-state index in [2.05, 4.69) is 0 Å². The molecule has 0 spiro atoms. The number of hydrogen-bond acceptors (Lipinski definition) is 3. The van der Waals surface area contributed by atoms with Crippen LogP contribution in [-0.2, 0) is 4.79 Å². The molecule has 0 unspecified atom stereocenters. The van der Waals surface area contributed by atoms with E-state index in [0.717, 1.165) is 12.8 Å². The summed E-state index contributed by atoms with van der Waals surface area (Å²) < 4.78 is 0. The molecule has 5 nitrogen and oxygen atoms in total. The highest BCUT2D eigenvalue weighted by molar-refractivity contribution is 6.36. The summed E-state index contributed by atoms with van der Waals surface area (Å²) in [6, 6.07) is 4.85. The van der Waals surface area contributed by atoms with E-state index < -0.39 is 5.41 Å². The van der Waals surface area contributed by atoms with Gasteiger partial charge in [0, 0.05) is 37.7 Å². The van der Waals surface area contributed by atoms with Crippen LogP contribution in [0, 0.1) is 5.41 Å². The molecule has 1 aliphatic heterocycles. The van der Waals surface area contributed by atoms with Gasteiger partial charge in [0.05, 0.1) is 16.0 Å². The van der Waals surface area contributed by atoms with Crippen molar-refractivity contribution >= 4 is 35.0 Å². The second-order valence-corrected chi connectivity index (χ2v) is 7.24. The van der Waals surface area contributed by atoms with Crippen molar-refractivity contribution < 1.29 is 9.59 Å². The van der Waals surface area contributed by atoms with Crippen LogP contribution in [-0.4, -0.2) is 54.3 Å². The molecule has 1 aromatic carbocycles. The summed E-state index contributed by atoms with van der Waals surface area (Å²) in [6.45, 7) is 6.33. The molecule has 1 aliphatic rings. The zero-order valence-electron chi connectivity index (χ0n) is 14.7. The second kappa shape index (κ2) is 8.39. The molecular formula is C18H25Cl2N3O2. The van der Waals surface area contributed by atoms with Gasteiger partial charge in [-0.1, -0.05) is 37.0 Å². The van der Waals surface area contributed by atoms with Gasteiger partial charge in [0.25, 0.3) is 5.91 Å². The number of carbonyl (C=O) groups is 2. The van der Waals surface area contributed by atoms with Crippen LogP contribution < -0.4 is 5.73 Å². The van der Waals surface area contributed by atoms with Crippen LogP contribution in [0.4, 0.5) is 0 Å². The molecule has 2 N–H and O–H groups in total. The number of rotatable bonds is 5. The lowest BCUT2D eigenvalue weighted by molar-refractivity contribution is -0.143. The third-order valence-corrected chi connectivity index (χ3v) is 5.76. The Hall–Kier alpha value is -1.30. The lowest BCUT2D eigenvalue weighted by Gasteiger charge is -2.40. The minimum atomic E-state index is -0.494. The first-order valence-corrected chi connectivity index (χ1v) is 9.38. The van der Waals surface area contributed by atoms with Gasteiger partial charge in [-0.2, -0.15) is 0 Å². The van der Waals surface area contributed by atoms with E-state index in [9.17, 15) is 9.59 Å². The van der Waals surface area contributed by atoms with Crippen LogP contribution >= 0.6 is 23.2 Å². The summed E-state index contributed by atoms with van der Waals surface area (Å²) in [4.78, 5) is 29.1. The summed E-state index contributed by atoms with van der Waals surface area (Å²) >= 11 is 12.0. The number of amides is 2. The smallest absolute Gasteiger partial charge is 0.255 e. The summed E-state index contributed by atoms with van der Waals surface area (Å²) in [5, 5.41) is 0.837. The normalized spacial score (nSPS) is 15.4. The van der Waals surface area contributed by atoms with Crippen molar-refractivity contribution in [2.75, 3.05) is 32.7 Å². The minimum Gasteiger partial charge on any atom is -0.339 e. The van der Waals surface area contributed by atoms with Gasteiger partial charge >= 0.3 is 0 Å². The summed E-state index contributed by atoms with van der Waals surface area (Å²) in [5.41, 5.74) is 5.82. The van der Waals surface area contributed by atoms with Crippen molar-refractivity contribution in [3.05, 3.63) is 33.8 Å². The van der Waals surface area contributed by atoms with E-state index in [0.29, 0.717) is 48.3 Å². The fraction of sp³-hybridized carbons (Fsp3) is 0.556. The van der Waals surface area contributed by atoms with E-state index in [1.54, 1.807) is 23.1 Å². The van der Waals surface area contributed by atoms with E-state index in [1.165, 1.54) is 0 Å². The maximum Gasteiger partial charge on any atom is 0.255 e.